The van der Waals surface area contributed by atoms with Gasteiger partial charge in [0.15, 0.2) is 0 Å². The van der Waals surface area contributed by atoms with Crippen LogP contribution >= 0.6 is 0 Å². The normalized spacial score (nSPS) is 14.9. The van der Waals surface area contributed by atoms with Crippen LogP contribution in [0, 0.1) is 12.7 Å². The van der Waals surface area contributed by atoms with Gasteiger partial charge in [-0.3, -0.25) is 0 Å². The van der Waals surface area contributed by atoms with Crippen LogP contribution in [-0.2, 0) is 22.3 Å². The lowest BCUT2D eigenvalue weighted by atomic mass is 9.97. The quantitative estimate of drug-likeness (QED) is 0.357. The molecule has 0 saturated heterocycles. The summed E-state index contributed by atoms with van der Waals surface area (Å²) in [6.07, 6.45) is 2.70. The van der Waals surface area contributed by atoms with Crippen molar-refractivity contribution in [3.8, 4) is 0 Å². The van der Waals surface area contributed by atoms with E-state index in [1.165, 1.54) is 6.07 Å². The zero-order chi connectivity index (χ0) is 23.7. The van der Waals surface area contributed by atoms with Gasteiger partial charge in [0.1, 0.15) is 5.82 Å². The van der Waals surface area contributed by atoms with Crippen LogP contribution in [0.2, 0.25) is 0 Å². The Bertz CT molecular complexity index is 1470. The highest BCUT2D eigenvalue weighted by atomic mass is 32.2. The van der Waals surface area contributed by atoms with Gasteiger partial charge in [-0.25, -0.2) is 12.8 Å². The molecule has 34 heavy (non-hydrogen) atoms. The van der Waals surface area contributed by atoms with Gasteiger partial charge >= 0.3 is 0 Å². The predicted octanol–water partition coefficient (Wildman–Crippen LogP) is 5.76. The van der Waals surface area contributed by atoms with E-state index >= 15 is 0 Å². The molecule has 0 radical (unpaired) electrons. The van der Waals surface area contributed by atoms with Crippen LogP contribution in [0.4, 0.5) is 4.39 Å². The van der Waals surface area contributed by atoms with E-state index in [4.69, 9.17) is 0 Å². The minimum absolute atomic E-state index is 0.0168. The summed E-state index contributed by atoms with van der Waals surface area (Å²) in [6.45, 7) is 3.50. The largest absolute Gasteiger partial charge is 0.340 e. The van der Waals surface area contributed by atoms with Crippen molar-refractivity contribution in [3.05, 3.63) is 113 Å². The monoisotopic (exact) mass is 474 g/mol. The van der Waals surface area contributed by atoms with Crippen LogP contribution in [0.15, 0.2) is 84.9 Å². The van der Waals surface area contributed by atoms with Crippen molar-refractivity contribution in [2.45, 2.75) is 25.6 Å². The number of halogens is 1. The summed E-state index contributed by atoms with van der Waals surface area (Å²) in [5.41, 5.74) is 6.24. The van der Waals surface area contributed by atoms with Gasteiger partial charge in [-0.2, -0.15) is 4.31 Å². The Kier molecular flexibility index (Phi) is 6.11. The van der Waals surface area contributed by atoms with E-state index in [2.05, 4.69) is 23.6 Å². The third-order valence-corrected chi connectivity index (χ3v) is 8.36. The summed E-state index contributed by atoms with van der Waals surface area (Å²) < 4.78 is 43.5. The van der Waals surface area contributed by atoms with Crippen molar-refractivity contribution in [3.63, 3.8) is 0 Å². The minimum atomic E-state index is -3.39. The summed E-state index contributed by atoms with van der Waals surface area (Å²) in [5, 5.41) is 1.14. The fourth-order valence-corrected chi connectivity index (χ4v) is 6.33. The van der Waals surface area contributed by atoms with Gasteiger partial charge in [-0.1, -0.05) is 66.7 Å². The minimum Gasteiger partial charge on any atom is -0.340 e. The number of fused-ring (bicyclic) bond motifs is 1. The average molecular weight is 475 g/mol. The second kappa shape index (κ2) is 9.20. The van der Waals surface area contributed by atoms with Crippen LogP contribution < -0.4 is 0 Å². The first-order valence-electron chi connectivity index (χ1n) is 11.5. The number of rotatable bonds is 6. The van der Waals surface area contributed by atoms with E-state index in [9.17, 15) is 12.8 Å². The lowest BCUT2D eigenvalue weighted by Crippen LogP contribution is -2.35. The van der Waals surface area contributed by atoms with E-state index in [1.54, 1.807) is 16.4 Å². The van der Waals surface area contributed by atoms with E-state index in [-0.39, 0.29) is 11.6 Å². The van der Waals surface area contributed by atoms with E-state index in [1.807, 2.05) is 54.6 Å². The number of hydrogen-bond acceptors (Lipinski definition) is 2. The topological polar surface area (TPSA) is 42.3 Å². The van der Waals surface area contributed by atoms with Crippen molar-refractivity contribution in [2.24, 2.45) is 0 Å². The molecule has 0 fully saturated rings. The first-order chi connectivity index (χ1) is 16.4. The Balaban J connectivity index is 1.45. The molecule has 4 nitrogen and oxygen atoms in total. The third kappa shape index (κ3) is 4.43. The van der Waals surface area contributed by atoms with Gasteiger partial charge in [-0.15, -0.1) is 0 Å². The highest BCUT2D eigenvalue weighted by molar-refractivity contribution is 7.88. The fourth-order valence-electron chi connectivity index (χ4n) is 4.86. The van der Waals surface area contributed by atoms with E-state index in [0.29, 0.717) is 26.1 Å². The molecule has 0 atom stereocenters. The number of nitrogens with zero attached hydrogens (tertiary/aromatic N) is 2. The van der Waals surface area contributed by atoms with Crippen molar-refractivity contribution in [1.82, 2.24) is 8.87 Å². The third-order valence-electron chi connectivity index (χ3n) is 6.54. The number of aromatic nitrogens is 1. The molecule has 1 aliphatic heterocycles. The molecule has 0 spiro atoms. The van der Waals surface area contributed by atoms with Crippen molar-refractivity contribution >= 4 is 26.5 Å². The second-order valence-corrected chi connectivity index (χ2v) is 10.7. The second-order valence-electron chi connectivity index (χ2n) is 8.77. The van der Waals surface area contributed by atoms with Crippen molar-refractivity contribution in [1.29, 1.82) is 0 Å². The van der Waals surface area contributed by atoms with Crippen molar-refractivity contribution < 1.29 is 12.8 Å². The SMILES string of the molecule is Cc1c(C2=CCN(S(=O)(=O)Cc3ccccc3)CC2)c2ccccc2n1Cc1cccc(F)c1. The smallest absolute Gasteiger partial charge is 0.218 e. The Morgan fingerprint density at radius 3 is 2.38 bits per heavy atom. The summed E-state index contributed by atoms with van der Waals surface area (Å²) in [7, 11) is -3.39. The molecule has 0 saturated carbocycles. The van der Waals surface area contributed by atoms with E-state index in [0.717, 1.165) is 38.9 Å². The zero-order valence-corrected chi connectivity index (χ0v) is 19.9. The highest BCUT2D eigenvalue weighted by Crippen LogP contribution is 2.35. The van der Waals surface area contributed by atoms with Gasteiger partial charge in [0.2, 0.25) is 10.0 Å². The Labute approximate surface area is 200 Å². The Morgan fingerprint density at radius 2 is 1.65 bits per heavy atom. The fraction of sp³-hybridized carbons (Fsp3) is 0.214. The molecular formula is C28H27FN2O2S. The van der Waals surface area contributed by atoms with Gasteiger partial charge in [0.25, 0.3) is 0 Å². The lowest BCUT2D eigenvalue weighted by molar-refractivity contribution is 0.440. The molecular weight excluding hydrogens is 447 g/mol. The van der Waals surface area contributed by atoms with E-state index < -0.39 is 10.0 Å². The molecule has 5 rings (SSSR count). The van der Waals surface area contributed by atoms with Gasteiger partial charge in [0.05, 0.1) is 5.75 Å². The molecule has 0 amide bonds. The molecule has 174 valence electrons. The maximum atomic E-state index is 13.8. The predicted molar refractivity (Wildman–Crippen MR) is 135 cm³/mol. The molecule has 6 heteroatoms. The summed E-state index contributed by atoms with van der Waals surface area (Å²) in [6, 6.07) is 24.3. The van der Waals surface area contributed by atoms with Gasteiger partial charge < -0.3 is 4.57 Å². The first kappa shape index (κ1) is 22.6. The van der Waals surface area contributed by atoms with Gasteiger partial charge in [0, 0.05) is 41.8 Å². The molecule has 0 N–H and O–H groups in total. The summed E-state index contributed by atoms with van der Waals surface area (Å²) in [5.74, 6) is -0.221. The Hall–Kier alpha value is -3.22. The maximum Gasteiger partial charge on any atom is 0.218 e. The molecule has 0 unspecified atom stereocenters. The van der Waals surface area contributed by atoms with Crippen LogP contribution in [0.1, 0.15) is 28.8 Å². The average Bonchev–Trinajstić information content (AvgIpc) is 3.11. The number of sulfonamides is 1. The zero-order valence-electron chi connectivity index (χ0n) is 19.1. The lowest BCUT2D eigenvalue weighted by Gasteiger charge is -2.26. The molecule has 1 aromatic heterocycles. The summed E-state index contributed by atoms with van der Waals surface area (Å²) in [4.78, 5) is 0. The number of benzene rings is 3. The molecule has 3 aromatic carbocycles. The van der Waals surface area contributed by atoms with Crippen LogP contribution in [0.25, 0.3) is 16.5 Å². The standard InChI is InChI=1S/C28H27FN2O2S/c1-21-28(24-14-16-30(17-15-24)34(32,33)20-22-8-3-2-4-9-22)26-12-5-6-13-27(26)31(21)19-23-10-7-11-25(29)18-23/h2-14,18H,15-17,19-20H2,1H3. The molecule has 2 heterocycles. The molecule has 0 bridgehead atoms. The Morgan fingerprint density at radius 1 is 0.912 bits per heavy atom. The molecule has 0 aliphatic carbocycles. The van der Waals surface area contributed by atoms with Crippen LogP contribution in [0.5, 0.6) is 0 Å². The van der Waals surface area contributed by atoms with Crippen LogP contribution in [-0.4, -0.2) is 30.4 Å². The number of para-hydroxylation sites is 1. The first-order valence-corrected chi connectivity index (χ1v) is 13.1. The molecule has 1 aliphatic rings. The van der Waals surface area contributed by atoms with Gasteiger partial charge in [-0.05, 0) is 48.2 Å². The molecule has 4 aromatic rings. The summed E-state index contributed by atoms with van der Waals surface area (Å²) >= 11 is 0. The number of hydrogen-bond donors (Lipinski definition) is 0. The van der Waals surface area contributed by atoms with Crippen molar-refractivity contribution in [2.75, 3.05) is 13.1 Å². The maximum absolute atomic E-state index is 13.8. The highest BCUT2D eigenvalue weighted by Gasteiger charge is 2.27. The van der Waals surface area contributed by atoms with Crippen LogP contribution in [0.3, 0.4) is 0 Å².